The molecule has 0 aliphatic carbocycles. The number of ketones is 2. The number of aromatic hydroxyl groups is 4. The minimum atomic E-state index is -2.29. The van der Waals surface area contributed by atoms with Gasteiger partial charge in [0.1, 0.15) is 138 Å². The van der Waals surface area contributed by atoms with Gasteiger partial charge in [-0.3, -0.25) is 38.4 Å². The smallest absolute Gasteiger partial charge is 0.373 e. The van der Waals surface area contributed by atoms with Crippen molar-refractivity contribution >= 4 is 76.4 Å². The third-order valence-corrected chi connectivity index (χ3v) is 22.4. The van der Waals surface area contributed by atoms with Gasteiger partial charge in [0, 0.05) is 56.5 Å². The van der Waals surface area contributed by atoms with Crippen LogP contribution in [-0.2, 0) is 79.9 Å². The normalized spacial score (nSPS) is 29.3. The largest absolute Gasteiger partial charge is 0.508 e. The molecule has 3 saturated heterocycles. The molecule has 40 nitrogen and oxygen atoms in total. The predicted octanol–water partition coefficient (Wildman–Crippen LogP) is -0.395. The summed E-state index contributed by atoms with van der Waals surface area (Å²) >= 11 is 14.6. The number of aliphatic hydroxyl groups is 10. The van der Waals surface area contributed by atoms with E-state index in [0.717, 1.165) is 80.6 Å². The maximum atomic E-state index is 16.9. The molecule has 658 valence electrons. The summed E-state index contributed by atoms with van der Waals surface area (Å²) in [6.07, 6.45) is -29.4. The Morgan fingerprint density at radius 1 is 0.508 bits per heavy atom. The van der Waals surface area contributed by atoms with Crippen LogP contribution in [0.5, 0.6) is 69.0 Å². The molecule has 22 atom stereocenters. The zero-order chi connectivity index (χ0) is 89.3. The fraction of sp³-hybridized carbons (Fsp3) is 0.378. The van der Waals surface area contributed by atoms with Crippen LogP contribution < -0.4 is 61.3 Å². The van der Waals surface area contributed by atoms with Gasteiger partial charge in [0.2, 0.25) is 53.8 Å². The fourth-order valence-electron chi connectivity index (χ4n) is 15.5. The first-order valence-electron chi connectivity index (χ1n) is 38.3. The Labute approximate surface area is 710 Å². The Bertz CT molecular complexity index is 5330. The number of Topliss-reactive ketones (excluding diaryl/α,β-unsaturated/α-hetero) is 2. The van der Waals surface area contributed by atoms with Crippen molar-refractivity contribution in [1.82, 2.24) is 31.9 Å². The van der Waals surface area contributed by atoms with Crippen LogP contribution >= 0.6 is 23.2 Å². The number of nitrogens with two attached hydrogens (primary N) is 1. The molecule has 9 aliphatic heterocycles. The SMILES string of the molecule is CC(=O)NC1[C@H](Oc2c3cc4cc2Oc2ccc(cc2Cl)[C@@H](O[C@@H]2OC(CO)[C@@H](O)[C@H](O)C2NC(C)=O)[C@@H]2NC(=O)[C@H](CC(=O)[C@@H]4NC(=O)[C@H]4CC(=O)[C@@H](Cc5ccc(c(Cl)c5)O3)NC(=O)[C@H](N)c3ccc(O)c(c3)Oc3cc(O)cc4c3)c3ccc(O)c(c3)-c3c(cc(O)cc3O[C@H]3OC(CO)[C@@H](O)C(O)[C@H]3O)CNC2=O)OC(CO)[C@@H](O)[C@@H]1O.O=C=O. The van der Waals surface area contributed by atoms with Gasteiger partial charge in [-0.25, -0.2) is 0 Å². The molecule has 0 aromatic heterocycles. The molecule has 17 bridgehead atoms. The number of carbonyl (C=O) groups excluding carboxylic acids is 10. The van der Waals surface area contributed by atoms with Crippen LogP contribution in [0.15, 0.2) is 115 Å². The van der Waals surface area contributed by atoms with E-state index in [1.54, 1.807) is 0 Å². The van der Waals surface area contributed by atoms with Gasteiger partial charge in [-0.1, -0.05) is 47.5 Å². The summed E-state index contributed by atoms with van der Waals surface area (Å²) < 4.78 is 57.2. The summed E-state index contributed by atoms with van der Waals surface area (Å²) in [5, 5.41) is 172. The van der Waals surface area contributed by atoms with Gasteiger partial charge in [0.25, 0.3) is 0 Å². The Balaban J connectivity index is 0.00000434. The molecule has 0 spiro atoms. The molecular weight excluding hydrogens is 1680 g/mol. The molecule has 22 N–H and O–H groups in total. The molecule has 6 unspecified atom stereocenters. The van der Waals surface area contributed by atoms with Crippen molar-refractivity contribution in [3.63, 3.8) is 0 Å². The van der Waals surface area contributed by atoms with Gasteiger partial charge in [-0.15, -0.1) is 0 Å². The summed E-state index contributed by atoms with van der Waals surface area (Å²) in [5.41, 5.74) is 4.91. The molecule has 16 rings (SSSR count). The van der Waals surface area contributed by atoms with Crippen molar-refractivity contribution in [2.24, 2.45) is 5.73 Å². The molecule has 0 radical (unpaired) electrons. The van der Waals surface area contributed by atoms with Crippen LogP contribution in [0, 0.1) is 0 Å². The Hall–Kier alpha value is -11.7. The summed E-state index contributed by atoms with van der Waals surface area (Å²) in [6.45, 7) is -1.62. The van der Waals surface area contributed by atoms with E-state index in [2.05, 4.69) is 31.9 Å². The third-order valence-electron chi connectivity index (χ3n) is 21.8. The highest BCUT2D eigenvalue weighted by molar-refractivity contribution is 6.32. The number of nitrogens with one attached hydrogen (secondary N) is 6. The average molecular weight is 1770 g/mol. The fourth-order valence-corrected chi connectivity index (χ4v) is 16.0. The first-order chi connectivity index (χ1) is 59.1. The second-order valence-electron chi connectivity index (χ2n) is 30.1. The van der Waals surface area contributed by atoms with E-state index in [-0.39, 0.29) is 72.9 Å². The van der Waals surface area contributed by atoms with Crippen LogP contribution in [0.1, 0.15) is 95.7 Å². The van der Waals surface area contributed by atoms with E-state index in [9.17, 15) is 85.9 Å². The number of rotatable bonds is 11. The minimum Gasteiger partial charge on any atom is -0.508 e. The predicted molar refractivity (Wildman–Crippen MR) is 418 cm³/mol. The van der Waals surface area contributed by atoms with Gasteiger partial charge >= 0.3 is 6.15 Å². The molecule has 42 heteroatoms. The van der Waals surface area contributed by atoms with Crippen LogP contribution in [0.3, 0.4) is 0 Å². The number of phenols is 4. The monoisotopic (exact) mass is 1760 g/mol. The van der Waals surface area contributed by atoms with Gasteiger partial charge < -0.3 is 152 Å². The lowest BCUT2D eigenvalue weighted by atomic mass is 9.85. The number of phenolic OH excluding ortho intramolecular Hbond substituents is 4. The first-order valence-corrected chi connectivity index (χ1v) is 39.1. The standard InChI is InChI=1S/C81H83Cl2N7O31.CO2/c1-29(94)86-63-69(105)66(102)57(26-91)117-79(63)120-73-34-6-10-52(45(83)17-34)115-56-20-36-19-55(74(56)121-80-64(87-30(2)95)70(106)67(103)58(27-92)118-80)114-51-9-3-31(11-44(51)82)12-46-49(100)23-42(35-13-38(96)21-40(15-35)113-53-18-33(5-8-48(53)99)61(84)77(111)88-46)76(110)89-62(36)50(101)24-41-32-4-7-47(98)43(16-32)60-37(25-85-78(112)65(73)90-75(41)109)14-39(97)22-54(60)116-81-72(108)71(107)68(104)59(28-93)119-81;2-1-3/h3-11,13-22,41-42,46,57-59,61-73,79-81,91-93,96-99,102-108H,12,23-28,84H2,1-2H3,(H,85,112)(H,86,94)(H,87,95)(H,88,111)(H,89,110)(H,90,109);/t41-,42+,46-,57?,58?,59?,61-,62-,63?,64?,65+,66-,67-,68-,69-,70-,71?,72-,73-,79+,80+,81+;/m1./s1. The van der Waals surface area contributed by atoms with Crippen molar-refractivity contribution in [3.8, 4) is 80.1 Å². The molecular formula is C82H83Cl2N7O33. The number of halogens is 2. The molecule has 7 aromatic rings. The zero-order valence-electron chi connectivity index (χ0n) is 65.0. The topological polar surface area (TPSA) is 635 Å². The van der Waals surface area contributed by atoms with Gasteiger partial charge in [-0.2, -0.15) is 9.59 Å². The maximum absolute atomic E-state index is 16.9. The van der Waals surface area contributed by atoms with Gasteiger partial charge in [0.15, 0.2) is 40.9 Å². The van der Waals surface area contributed by atoms with Crippen molar-refractivity contribution in [2.45, 2.75) is 174 Å². The highest BCUT2D eigenvalue weighted by Gasteiger charge is 2.52. The number of carbonyl (C=O) groups is 8. The van der Waals surface area contributed by atoms with Crippen molar-refractivity contribution < 1.29 is 162 Å². The molecule has 3 fully saturated rings. The van der Waals surface area contributed by atoms with Gasteiger partial charge in [-0.05, 0) is 124 Å². The summed E-state index contributed by atoms with van der Waals surface area (Å²) in [4.78, 5) is 138. The van der Waals surface area contributed by atoms with Crippen LogP contribution in [0.25, 0.3) is 11.1 Å². The Morgan fingerprint density at radius 2 is 1.06 bits per heavy atom. The highest BCUT2D eigenvalue weighted by atomic mass is 35.5. The molecule has 9 aliphatic rings. The summed E-state index contributed by atoms with van der Waals surface area (Å²) in [7, 11) is 0. The molecule has 7 aromatic carbocycles. The van der Waals surface area contributed by atoms with Crippen molar-refractivity contribution in [2.75, 3.05) is 19.8 Å². The lowest BCUT2D eigenvalue weighted by molar-refractivity contribution is -0.284. The number of hydrogen-bond acceptors (Lipinski definition) is 34. The number of hydrogen-bond donors (Lipinski definition) is 21. The third kappa shape index (κ3) is 19.0. The summed E-state index contributed by atoms with van der Waals surface area (Å²) in [6, 6.07) is 10.9. The van der Waals surface area contributed by atoms with Crippen LogP contribution in [0.2, 0.25) is 10.0 Å². The maximum Gasteiger partial charge on any atom is 0.373 e. The van der Waals surface area contributed by atoms with E-state index in [1.807, 2.05) is 0 Å². The van der Waals surface area contributed by atoms with E-state index >= 15 is 24.0 Å². The lowest BCUT2D eigenvalue weighted by Crippen LogP contribution is -2.65. The van der Waals surface area contributed by atoms with Crippen LogP contribution in [-0.4, -0.2) is 249 Å². The molecule has 124 heavy (non-hydrogen) atoms. The highest BCUT2D eigenvalue weighted by Crippen LogP contribution is 2.51. The van der Waals surface area contributed by atoms with E-state index in [4.69, 9.17) is 81.2 Å². The van der Waals surface area contributed by atoms with Crippen molar-refractivity contribution in [3.05, 3.63) is 164 Å². The van der Waals surface area contributed by atoms with Crippen molar-refractivity contribution in [1.29, 1.82) is 0 Å². The second kappa shape index (κ2) is 37.8. The quantitative estimate of drug-likeness (QED) is 0.0784. The number of aliphatic hydroxyl groups excluding tert-OH is 10. The zero-order valence-corrected chi connectivity index (χ0v) is 66.5. The number of amides is 6. The molecule has 0 saturated carbocycles. The Morgan fingerprint density at radius 3 is 1.69 bits per heavy atom. The lowest BCUT2D eigenvalue weighted by Gasteiger charge is -2.44. The second-order valence-corrected chi connectivity index (χ2v) is 30.9. The molecule has 6 amide bonds. The number of benzene rings is 7. The molecule has 9 heterocycles. The first kappa shape index (κ1) is 90.0. The van der Waals surface area contributed by atoms with E-state index in [1.165, 1.54) is 48.5 Å². The van der Waals surface area contributed by atoms with Gasteiger partial charge in [0.05, 0.1) is 47.7 Å². The average Bonchev–Trinajstić information content (AvgIpc) is 0.765. The number of fused-ring (bicyclic) bond motifs is 14. The van der Waals surface area contributed by atoms with E-state index < -0.39 is 289 Å². The van der Waals surface area contributed by atoms with E-state index in [0.29, 0.717) is 0 Å². The Kier molecular flexibility index (Phi) is 27.4. The summed E-state index contributed by atoms with van der Waals surface area (Å²) in [5.74, 6) is -18.6. The minimum absolute atomic E-state index is 0.0699. The number of ether oxygens (including phenoxy) is 9. The van der Waals surface area contributed by atoms with Crippen LogP contribution in [0.4, 0.5) is 0 Å².